The summed E-state index contributed by atoms with van der Waals surface area (Å²) in [6, 6.07) is 11.0. The van der Waals surface area contributed by atoms with Crippen LogP contribution in [0.25, 0.3) is 0 Å². The Morgan fingerprint density at radius 3 is 2.75 bits per heavy atom. The lowest BCUT2D eigenvalue weighted by Crippen LogP contribution is -2.16. The van der Waals surface area contributed by atoms with E-state index in [1.54, 1.807) is 11.3 Å². The van der Waals surface area contributed by atoms with Crippen LogP contribution in [0, 0.1) is 3.57 Å². The molecule has 0 saturated carbocycles. The molecule has 1 heterocycles. The van der Waals surface area contributed by atoms with E-state index in [4.69, 9.17) is 0 Å². The lowest BCUT2D eigenvalue weighted by atomic mass is 10.1. The van der Waals surface area contributed by atoms with Gasteiger partial charge in [-0.1, -0.05) is 12.1 Å². The quantitative estimate of drug-likeness (QED) is 0.742. The van der Waals surface area contributed by atoms with E-state index >= 15 is 0 Å². The Morgan fingerprint density at radius 2 is 2.19 bits per heavy atom. The molecule has 2 aromatic rings. The van der Waals surface area contributed by atoms with Gasteiger partial charge in [0.2, 0.25) is 0 Å². The van der Waals surface area contributed by atoms with Crippen LogP contribution in [-0.2, 0) is 0 Å². The number of thiophene rings is 1. The zero-order chi connectivity index (χ0) is 11.5. The average molecular weight is 408 g/mol. The van der Waals surface area contributed by atoms with Crippen molar-refractivity contribution < 1.29 is 0 Å². The number of nitrogens with one attached hydrogen (secondary N) is 1. The summed E-state index contributed by atoms with van der Waals surface area (Å²) >= 11 is 7.71. The molecule has 0 bridgehead atoms. The summed E-state index contributed by atoms with van der Waals surface area (Å²) in [7, 11) is 2.00. The van der Waals surface area contributed by atoms with Crippen LogP contribution in [-0.4, -0.2) is 7.05 Å². The maximum Gasteiger partial charge on any atom is 0.0680 e. The smallest absolute Gasteiger partial charge is 0.0680 e. The first-order valence-corrected chi connectivity index (χ1v) is 7.63. The van der Waals surface area contributed by atoms with Crippen molar-refractivity contribution in [1.29, 1.82) is 0 Å². The molecule has 0 saturated heterocycles. The Kier molecular flexibility index (Phi) is 4.41. The molecule has 0 amide bonds. The molecule has 0 aliphatic heterocycles. The van der Waals surface area contributed by atoms with Crippen molar-refractivity contribution in [3.8, 4) is 0 Å². The highest BCUT2D eigenvalue weighted by atomic mass is 127. The molecular formula is C12H11BrINS. The highest BCUT2D eigenvalue weighted by molar-refractivity contribution is 14.1. The Labute approximate surface area is 122 Å². The van der Waals surface area contributed by atoms with Crippen LogP contribution < -0.4 is 5.32 Å². The first-order valence-electron chi connectivity index (χ1n) is 4.88. The third-order valence-corrected chi connectivity index (χ3v) is 4.98. The second-order valence-corrected chi connectivity index (χ2v) is 6.46. The van der Waals surface area contributed by atoms with E-state index in [0.717, 1.165) is 0 Å². The Balaban J connectivity index is 2.40. The van der Waals surface area contributed by atoms with E-state index in [-0.39, 0.29) is 6.04 Å². The monoisotopic (exact) mass is 407 g/mol. The first kappa shape index (κ1) is 12.5. The Morgan fingerprint density at radius 1 is 1.38 bits per heavy atom. The molecule has 4 heteroatoms. The maximum atomic E-state index is 3.59. The highest BCUT2D eigenvalue weighted by Crippen LogP contribution is 2.33. The number of halogens is 2. The van der Waals surface area contributed by atoms with Gasteiger partial charge in [-0.15, -0.1) is 11.3 Å². The molecule has 1 aromatic carbocycles. The number of benzene rings is 1. The fraction of sp³-hybridized carbons (Fsp3) is 0.167. The second kappa shape index (κ2) is 5.62. The average Bonchev–Trinajstić information content (AvgIpc) is 2.67. The molecular weight excluding hydrogens is 397 g/mol. The zero-order valence-electron chi connectivity index (χ0n) is 8.71. The minimum atomic E-state index is 0.268. The predicted molar refractivity (Wildman–Crippen MR) is 82.1 cm³/mol. The molecule has 1 unspecified atom stereocenters. The molecule has 1 N–H and O–H groups in total. The van der Waals surface area contributed by atoms with E-state index in [1.807, 2.05) is 7.05 Å². The molecule has 0 fully saturated rings. The minimum Gasteiger partial charge on any atom is -0.309 e. The van der Waals surface area contributed by atoms with Gasteiger partial charge in [-0.3, -0.25) is 0 Å². The van der Waals surface area contributed by atoms with Crippen LogP contribution in [0.2, 0.25) is 0 Å². The van der Waals surface area contributed by atoms with Crippen LogP contribution in [0.5, 0.6) is 0 Å². The molecule has 16 heavy (non-hydrogen) atoms. The van der Waals surface area contributed by atoms with Crippen LogP contribution in [0.15, 0.2) is 40.2 Å². The number of hydrogen-bond acceptors (Lipinski definition) is 2. The Hall–Kier alpha value is 0.0900. The highest BCUT2D eigenvalue weighted by Gasteiger charge is 2.16. The SMILES string of the molecule is CNC(c1cccc(I)c1)c1sccc1Br. The van der Waals surface area contributed by atoms with Gasteiger partial charge in [0.05, 0.1) is 6.04 Å². The summed E-state index contributed by atoms with van der Waals surface area (Å²) in [5.41, 5.74) is 1.30. The third-order valence-electron chi connectivity index (χ3n) is 2.38. The summed E-state index contributed by atoms with van der Waals surface area (Å²) in [5, 5.41) is 5.47. The number of rotatable bonds is 3. The second-order valence-electron chi connectivity index (χ2n) is 3.41. The van der Waals surface area contributed by atoms with E-state index in [1.165, 1.54) is 18.5 Å². The zero-order valence-corrected chi connectivity index (χ0v) is 13.3. The van der Waals surface area contributed by atoms with Crippen molar-refractivity contribution in [1.82, 2.24) is 5.32 Å². The molecule has 2 rings (SSSR count). The van der Waals surface area contributed by atoms with Crippen LogP contribution in [0.4, 0.5) is 0 Å². The normalized spacial score (nSPS) is 12.7. The predicted octanol–water partition coefficient (Wildman–Crippen LogP) is 4.42. The van der Waals surface area contributed by atoms with Gasteiger partial charge in [0, 0.05) is 12.9 Å². The molecule has 0 aliphatic carbocycles. The lowest BCUT2D eigenvalue weighted by Gasteiger charge is -2.16. The van der Waals surface area contributed by atoms with Crippen LogP contribution in [0.3, 0.4) is 0 Å². The summed E-state index contributed by atoms with van der Waals surface area (Å²) in [6.07, 6.45) is 0. The largest absolute Gasteiger partial charge is 0.309 e. The van der Waals surface area contributed by atoms with Crippen LogP contribution >= 0.6 is 49.9 Å². The van der Waals surface area contributed by atoms with Gasteiger partial charge in [-0.2, -0.15) is 0 Å². The maximum absolute atomic E-state index is 3.59. The van der Waals surface area contributed by atoms with E-state index < -0.39 is 0 Å². The lowest BCUT2D eigenvalue weighted by molar-refractivity contribution is 0.701. The van der Waals surface area contributed by atoms with Crippen LogP contribution in [0.1, 0.15) is 16.5 Å². The minimum absolute atomic E-state index is 0.268. The molecule has 1 nitrogen and oxygen atoms in total. The molecule has 0 aliphatic rings. The molecule has 1 aromatic heterocycles. The third kappa shape index (κ3) is 2.67. The Bertz CT molecular complexity index is 483. The summed E-state index contributed by atoms with van der Waals surface area (Å²) < 4.78 is 2.44. The topological polar surface area (TPSA) is 12.0 Å². The van der Waals surface area contributed by atoms with E-state index in [2.05, 4.69) is 79.5 Å². The summed E-state index contributed by atoms with van der Waals surface area (Å²) in [4.78, 5) is 1.32. The van der Waals surface area contributed by atoms with Crippen molar-refractivity contribution >= 4 is 49.9 Å². The molecule has 0 radical (unpaired) electrons. The van der Waals surface area contributed by atoms with Gasteiger partial charge in [0.1, 0.15) is 0 Å². The van der Waals surface area contributed by atoms with Crippen molar-refractivity contribution in [3.63, 3.8) is 0 Å². The summed E-state index contributed by atoms with van der Waals surface area (Å²) in [5.74, 6) is 0. The fourth-order valence-corrected chi connectivity index (χ4v) is 3.95. The summed E-state index contributed by atoms with van der Waals surface area (Å²) in [6.45, 7) is 0. The van der Waals surface area contributed by atoms with E-state index in [9.17, 15) is 0 Å². The van der Waals surface area contributed by atoms with Crippen molar-refractivity contribution in [2.45, 2.75) is 6.04 Å². The van der Waals surface area contributed by atoms with Gasteiger partial charge >= 0.3 is 0 Å². The molecule has 84 valence electrons. The standard InChI is InChI=1S/C12H11BrINS/c1-15-11(12-10(13)5-6-16-12)8-3-2-4-9(14)7-8/h2-7,11,15H,1H3. The molecule has 1 atom stereocenters. The van der Waals surface area contributed by atoms with Gasteiger partial charge < -0.3 is 5.32 Å². The van der Waals surface area contributed by atoms with E-state index in [0.29, 0.717) is 0 Å². The first-order chi connectivity index (χ1) is 7.72. The van der Waals surface area contributed by atoms with Gasteiger partial charge in [-0.05, 0) is 74.7 Å². The number of hydrogen-bond donors (Lipinski definition) is 1. The van der Waals surface area contributed by atoms with Gasteiger partial charge in [0.25, 0.3) is 0 Å². The van der Waals surface area contributed by atoms with Crippen molar-refractivity contribution in [3.05, 3.63) is 54.2 Å². The van der Waals surface area contributed by atoms with Gasteiger partial charge in [-0.25, -0.2) is 0 Å². The van der Waals surface area contributed by atoms with Gasteiger partial charge in [0.15, 0.2) is 0 Å². The van der Waals surface area contributed by atoms with Crippen molar-refractivity contribution in [2.75, 3.05) is 7.05 Å². The van der Waals surface area contributed by atoms with Crippen molar-refractivity contribution in [2.24, 2.45) is 0 Å². The molecule has 0 spiro atoms. The fourth-order valence-electron chi connectivity index (χ4n) is 1.65.